The molecular formula is C19H33N3O2. The lowest BCUT2D eigenvalue weighted by molar-refractivity contribution is -0.137. The van der Waals surface area contributed by atoms with Crippen LogP contribution in [-0.2, 0) is 17.8 Å². The molecule has 5 nitrogen and oxygen atoms in total. The minimum atomic E-state index is -0.0166. The number of hydrogen-bond acceptors (Lipinski definition) is 3. The number of aliphatic hydroxyl groups is 1. The lowest BCUT2D eigenvalue weighted by Crippen LogP contribution is -2.49. The molecule has 2 heterocycles. The van der Waals surface area contributed by atoms with Gasteiger partial charge in [-0.3, -0.25) is 9.48 Å². The van der Waals surface area contributed by atoms with Gasteiger partial charge in [0.2, 0.25) is 5.91 Å². The molecule has 1 fully saturated rings. The molecule has 24 heavy (non-hydrogen) atoms. The third-order valence-corrected chi connectivity index (χ3v) is 5.28. The molecule has 5 heteroatoms. The fourth-order valence-corrected chi connectivity index (χ4v) is 3.83. The van der Waals surface area contributed by atoms with Gasteiger partial charge < -0.3 is 10.0 Å². The minimum absolute atomic E-state index is 0.0166. The zero-order valence-corrected chi connectivity index (χ0v) is 15.9. The van der Waals surface area contributed by atoms with Crippen molar-refractivity contribution in [2.75, 3.05) is 13.2 Å². The molecule has 1 amide bonds. The summed E-state index contributed by atoms with van der Waals surface area (Å²) >= 11 is 0. The molecular weight excluding hydrogens is 302 g/mol. The van der Waals surface area contributed by atoms with Gasteiger partial charge in [-0.05, 0) is 50.5 Å². The van der Waals surface area contributed by atoms with Gasteiger partial charge in [0.05, 0.1) is 18.3 Å². The summed E-state index contributed by atoms with van der Waals surface area (Å²) < 4.78 is 2.07. The van der Waals surface area contributed by atoms with Crippen LogP contribution in [0.15, 0.2) is 0 Å². The Morgan fingerprint density at radius 1 is 1.38 bits per heavy atom. The quantitative estimate of drug-likeness (QED) is 0.869. The fourth-order valence-electron chi connectivity index (χ4n) is 3.83. The Labute approximate surface area is 146 Å². The summed E-state index contributed by atoms with van der Waals surface area (Å²) in [6, 6.07) is -0.0166. The maximum absolute atomic E-state index is 12.7. The summed E-state index contributed by atoms with van der Waals surface area (Å²) in [7, 11) is 0. The molecule has 2 atom stereocenters. The van der Waals surface area contributed by atoms with E-state index in [1.54, 1.807) is 0 Å². The van der Waals surface area contributed by atoms with Gasteiger partial charge in [0.15, 0.2) is 0 Å². The summed E-state index contributed by atoms with van der Waals surface area (Å²) in [5.41, 5.74) is 3.42. The molecule has 0 spiro atoms. The van der Waals surface area contributed by atoms with Crippen LogP contribution in [0.2, 0.25) is 0 Å². The third-order valence-electron chi connectivity index (χ3n) is 5.28. The Balaban J connectivity index is 2.02. The van der Waals surface area contributed by atoms with Gasteiger partial charge in [-0.2, -0.15) is 5.10 Å². The monoisotopic (exact) mass is 335 g/mol. The first-order valence-electron chi connectivity index (χ1n) is 9.28. The van der Waals surface area contributed by atoms with Crippen LogP contribution in [0.3, 0.4) is 0 Å². The van der Waals surface area contributed by atoms with Gasteiger partial charge in [-0.1, -0.05) is 20.8 Å². The third kappa shape index (κ3) is 4.18. The first-order chi connectivity index (χ1) is 11.3. The Hall–Kier alpha value is -1.36. The highest BCUT2D eigenvalue weighted by molar-refractivity contribution is 5.77. The zero-order valence-electron chi connectivity index (χ0n) is 15.9. The van der Waals surface area contributed by atoms with Gasteiger partial charge >= 0.3 is 0 Å². The van der Waals surface area contributed by atoms with E-state index >= 15 is 0 Å². The molecule has 1 aliphatic rings. The van der Waals surface area contributed by atoms with Crippen molar-refractivity contribution < 1.29 is 9.90 Å². The van der Waals surface area contributed by atoms with Crippen molar-refractivity contribution in [2.24, 2.45) is 11.8 Å². The molecule has 1 N–H and O–H groups in total. The number of aryl methyl sites for hydroxylation is 1. The number of amides is 1. The van der Waals surface area contributed by atoms with E-state index in [0.717, 1.165) is 38.0 Å². The molecule has 1 aromatic rings. The van der Waals surface area contributed by atoms with Crippen LogP contribution in [-0.4, -0.2) is 44.9 Å². The van der Waals surface area contributed by atoms with Crippen molar-refractivity contribution in [2.45, 2.75) is 72.9 Å². The topological polar surface area (TPSA) is 58.4 Å². The van der Waals surface area contributed by atoms with E-state index < -0.39 is 0 Å². The number of hydrogen-bond donors (Lipinski definition) is 1. The van der Waals surface area contributed by atoms with Crippen LogP contribution in [0.4, 0.5) is 0 Å². The van der Waals surface area contributed by atoms with Gasteiger partial charge in [-0.15, -0.1) is 0 Å². The molecule has 0 bridgehead atoms. The van der Waals surface area contributed by atoms with Gasteiger partial charge in [0.1, 0.15) is 0 Å². The highest BCUT2D eigenvalue weighted by atomic mass is 16.3. The standard InChI is InChI=1S/C19H33N3O2/c1-13(2)11-22-16(5)17(15(4)20-22)8-9-19(24)21-10-6-7-14(3)18(21)12-23/h13-14,18,23H,6-12H2,1-5H3. The summed E-state index contributed by atoms with van der Waals surface area (Å²) in [6.07, 6.45) is 3.36. The molecule has 2 unspecified atom stereocenters. The number of nitrogens with zero attached hydrogens (tertiary/aromatic N) is 3. The molecule has 0 radical (unpaired) electrons. The molecule has 136 valence electrons. The van der Waals surface area contributed by atoms with E-state index in [2.05, 4.69) is 37.5 Å². The van der Waals surface area contributed by atoms with Crippen molar-refractivity contribution in [3.8, 4) is 0 Å². The Morgan fingerprint density at radius 2 is 2.08 bits per heavy atom. The number of aliphatic hydroxyl groups excluding tert-OH is 1. The maximum Gasteiger partial charge on any atom is 0.223 e. The first-order valence-corrected chi connectivity index (χ1v) is 9.28. The number of rotatable bonds is 6. The number of aromatic nitrogens is 2. The van der Waals surface area contributed by atoms with Gasteiger partial charge in [-0.25, -0.2) is 0 Å². The summed E-state index contributed by atoms with van der Waals surface area (Å²) in [5, 5.41) is 14.3. The van der Waals surface area contributed by atoms with Crippen LogP contribution in [0.1, 0.15) is 57.0 Å². The largest absolute Gasteiger partial charge is 0.394 e. The highest BCUT2D eigenvalue weighted by Crippen LogP contribution is 2.24. The summed E-state index contributed by atoms with van der Waals surface area (Å²) in [6.45, 7) is 12.4. The van der Waals surface area contributed by atoms with Crippen molar-refractivity contribution in [1.29, 1.82) is 0 Å². The Kier molecular flexibility index (Phi) is 6.44. The van der Waals surface area contributed by atoms with E-state index in [-0.39, 0.29) is 18.6 Å². The fraction of sp³-hybridized carbons (Fsp3) is 0.789. The lowest BCUT2D eigenvalue weighted by Gasteiger charge is -2.39. The second-order valence-corrected chi connectivity index (χ2v) is 7.68. The van der Waals surface area contributed by atoms with Crippen LogP contribution in [0.25, 0.3) is 0 Å². The van der Waals surface area contributed by atoms with Crippen LogP contribution in [0.5, 0.6) is 0 Å². The molecule has 0 aliphatic carbocycles. The second-order valence-electron chi connectivity index (χ2n) is 7.68. The minimum Gasteiger partial charge on any atom is -0.394 e. The first kappa shape index (κ1) is 19.0. The number of carbonyl (C=O) groups is 1. The molecule has 1 saturated heterocycles. The van der Waals surface area contributed by atoms with Crippen LogP contribution in [0, 0.1) is 25.7 Å². The molecule has 0 saturated carbocycles. The predicted octanol–water partition coefficient (Wildman–Crippen LogP) is 2.71. The smallest absolute Gasteiger partial charge is 0.223 e. The zero-order chi connectivity index (χ0) is 17.9. The SMILES string of the molecule is Cc1nn(CC(C)C)c(C)c1CCC(=O)N1CCCC(C)C1CO. The van der Waals surface area contributed by atoms with E-state index in [1.807, 2.05) is 11.8 Å². The number of carbonyl (C=O) groups excluding carboxylic acids is 1. The van der Waals surface area contributed by atoms with E-state index in [9.17, 15) is 9.90 Å². The average molecular weight is 335 g/mol. The maximum atomic E-state index is 12.7. The van der Waals surface area contributed by atoms with Crippen molar-refractivity contribution in [3.63, 3.8) is 0 Å². The van der Waals surface area contributed by atoms with E-state index in [0.29, 0.717) is 18.3 Å². The normalized spacial score (nSPS) is 21.5. The summed E-state index contributed by atoms with van der Waals surface area (Å²) in [5.74, 6) is 1.10. The van der Waals surface area contributed by atoms with E-state index in [4.69, 9.17) is 0 Å². The van der Waals surface area contributed by atoms with Gasteiger partial charge in [0, 0.05) is 25.2 Å². The average Bonchev–Trinajstić information content (AvgIpc) is 2.78. The number of piperidine rings is 1. The van der Waals surface area contributed by atoms with Gasteiger partial charge in [0.25, 0.3) is 0 Å². The number of likely N-dealkylation sites (tertiary alicyclic amines) is 1. The van der Waals surface area contributed by atoms with Crippen molar-refractivity contribution >= 4 is 5.91 Å². The Morgan fingerprint density at radius 3 is 2.71 bits per heavy atom. The van der Waals surface area contributed by atoms with Crippen molar-refractivity contribution in [3.05, 3.63) is 17.0 Å². The molecule has 1 aromatic heterocycles. The van der Waals surface area contributed by atoms with Crippen LogP contribution >= 0.6 is 0 Å². The highest BCUT2D eigenvalue weighted by Gasteiger charge is 2.31. The summed E-state index contributed by atoms with van der Waals surface area (Å²) in [4.78, 5) is 14.6. The molecule has 2 rings (SSSR count). The van der Waals surface area contributed by atoms with E-state index in [1.165, 1.54) is 11.3 Å². The molecule has 1 aliphatic heterocycles. The van der Waals surface area contributed by atoms with Crippen molar-refractivity contribution in [1.82, 2.24) is 14.7 Å². The molecule has 0 aromatic carbocycles. The van der Waals surface area contributed by atoms with Crippen LogP contribution < -0.4 is 0 Å². The lowest BCUT2D eigenvalue weighted by atomic mass is 9.91. The Bertz CT molecular complexity index is 565. The second kappa shape index (κ2) is 8.15. The predicted molar refractivity (Wildman–Crippen MR) is 95.8 cm³/mol.